The van der Waals surface area contributed by atoms with Crippen molar-refractivity contribution in [2.24, 2.45) is 5.73 Å². The van der Waals surface area contributed by atoms with Gasteiger partial charge in [0, 0.05) is 19.3 Å². The lowest BCUT2D eigenvalue weighted by atomic mass is 10.3. The standard InChI is InChI=1S/C12H18N4O3S2/c1-3-16(4-2)10(17)8-15-21(18,19)9-6-5-7-14-11(9)12(13)20/h5-7,15H,3-4,8H2,1-2H3,(H2,13,20). The molecular weight excluding hydrogens is 312 g/mol. The number of likely N-dealkylation sites (N-methyl/N-ethyl adjacent to an activating group) is 1. The zero-order valence-corrected chi connectivity index (χ0v) is 13.5. The van der Waals surface area contributed by atoms with Gasteiger partial charge in [-0.3, -0.25) is 9.78 Å². The molecule has 0 aliphatic heterocycles. The molecular formula is C12H18N4O3S2. The molecule has 0 unspecified atom stereocenters. The van der Waals surface area contributed by atoms with Crippen LogP contribution in [0.4, 0.5) is 0 Å². The fraction of sp³-hybridized carbons (Fsp3) is 0.417. The average molecular weight is 330 g/mol. The Morgan fingerprint density at radius 3 is 2.57 bits per heavy atom. The van der Waals surface area contributed by atoms with E-state index in [9.17, 15) is 13.2 Å². The molecule has 0 spiro atoms. The van der Waals surface area contributed by atoms with Gasteiger partial charge in [-0.1, -0.05) is 12.2 Å². The Morgan fingerprint density at radius 2 is 2.05 bits per heavy atom. The third-order valence-electron chi connectivity index (χ3n) is 2.82. The zero-order chi connectivity index (χ0) is 16.0. The van der Waals surface area contributed by atoms with Gasteiger partial charge in [0.25, 0.3) is 0 Å². The van der Waals surface area contributed by atoms with Crippen LogP contribution in [0.5, 0.6) is 0 Å². The van der Waals surface area contributed by atoms with E-state index in [1.54, 1.807) is 0 Å². The molecule has 21 heavy (non-hydrogen) atoms. The molecule has 3 N–H and O–H groups in total. The van der Waals surface area contributed by atoms with Crippen LogP contribution in [0.3, 0.4) is 0 Å². The van der Waals surface area contributed by atoms with Gasteiger partial charge >= 0.3 is 0 Å². The quantitative estimate of drug-likeness (QED) is 0.674. The lowest BCUT2D eigenvalue weighted by molar-refractivity contribution is -0.129. The summed E-state index contributed by atoms with van der Waals surface area (Å²) in [5, 5.41) is 0. The van der Waals surface area contributed by atoms with Gasteiger partial charge in [0.1, 0.15) is 15.6 Å². The second kappa shape index (κ2) is 7.43. The van der Waals surface area contributed by atoms with Gasteiger partial charge in [0.05, 0.1) is 6.54 Å². The molecule has 0 bridgehead atoms. The number of nitrogens with one attached hydrogen (secondary N) is 1. The summed E-state index contributed by atoms with van der Waals surface area (Å²) in [4.78, 5) is 17.0. The monoisotopic (exact) mass is 330 g/mol. The molecule has 0 aliphatic carbocycles. The summed E-state index contributed by atoms with van der Waals surface area (Å²) in [5.74, 6) is -0.302. The third-order valence-corrected chi connectivity index (χ3v) is 4.45. The Balaban J connectivity index is 2.93. The Morgan fingerprint density at radius 1 is 1.43 bits per heavy atom. The largest absolute Gasteiger partial charge is 0.388 e. The van der Waals surface area contributed by atoms with Crippen LogP contribution in [-0.4, -0.2) is 48.8 Å². The summed E-state index contributed by atoms with van der Waals surface area (Å²) < 4.78 is 26.7. The van der Waals surface area contributed by atoms with Crippen LogP contribution in [0.15, 0.2) is 23.2 Å². The molecule has 1 amide bonds. The SMILES string of the molecule is CCN(CC)C(=O)CNS(=O)(=O)c1cccnc1C(N)=S. The summed E-state index contributed by atoms with van der Waals surface area (Å²) in [7, 11) is -3.91. The fourth-order valence-corrected chi connectivity index (χ4v) is 3.09. The topological polar surface area (TPSA) is 105 Å². The van der Waals surface area contributed by atoms with Crippen molar-refractivity contribution in [3.63, 3.8) is 0 Å². The highest BCUT2D eigenvalue weighted by molar-refractivity contribution is 7.89. The molecule has 1 aromatic heterocycles. The van der Waals surface area contributed by atoms with Crippen molar-refractivity contribution >= 4 is 33.1 Å². The first-order valence-corrected chi connectivity index (χ1v) is 8.24. The van der Waals surface area contributed by atoms with Gasteiger partial charge in [-0.15, -0.1) is 0 Å². The highest BCUT2D eigenvalue weighted by atomic mass is 32.2. The van der Waals surface area contributed by atoms with Crippen molar-refractivity contribution in [1.29, 1.82) is 0 Å². The molecule has 1 aromatic rings. The predicted molar refractivity (Wildman–Crippen MR) is 83.2 cm³/mol. The van der Waals surface area contributed by atoms with Crippen LogP contribution >= 0.6 is 12.2 Å². The van der Waals surface area contributed by atoms with Crippen LogP contribution in [0.2, 0.25) is 0 Å². The minimum Gasteiger partial charge on any atom is -0.388 e. The highest BCUT2D eigenvalue weighted by Gasteiger charge is 2.22. The van der Waals surface area contributed by atoms with E-state index in [1.165, 1.54) is 23.2 Å². The van der Waals surface area contributed by atoms with Crippen molar-refractivity contribution in [3.05, 3.63) is 24.0 Å². The molecule has 0 atom stereocenters. The smallest absolute Gasteiger partial charge is 0.243 e. The second-order valence-electron chi connectivity index (χ2n) is 4.10. The van der Waals surface area contributed by atoms with E-state index in [0.717, 1.165) is 0 Å². The Labute approximate surface area is 129 Å². The minimum atomic E-state index is -3.91. The molecule has 0 aromatic carbocycles. The number of pyridine rings is 1. The van der Waals surface area contributed by atoms with Crippen LogP contribution in [-0.2, 0) is 14.8 Å². The van der Waals surface area contributed by atoms with Gasteiger partial charge in [0.2, 0.25) is 15.9 Å². The number of hydrogen-bond donors (Lipinski definition) is 2. The minimum absolute atomic E-state index is 0.00953. The Hall–Kier alpha value is -1.58. The normalized spacial score (nSPS) is 11.1. The van der Waals surface area contributed by atoms with E-state index >= 15 is 0 Å². The van der Waals surface area contributed by atoms with Crippen molar-refractivity contribution in [2.75, 3.05) is 19.6 Å². The molecule has 1 rings (SSSR count). The molecule has 0 radical (unpaired) electrons. The second-order valence-corrected chi connectivity index (χ2v) is 6.28. The number of nitrogens with zero attached hydrogens (tertiary/aromatic N) is 2. The van der Waals surface area contributed by atoms with E-state index in [1.807, 2.05) is 13.8 Å². The first kappa shape index (κ1) is 17.5. The number of amides is 1. The van der Waals surface area contributed by atoms with Crippen LogP contribution in [0.25, 0.3) is 0 Å². The van der Waals surface area contributed by atoms with Gasteiger partial charge in [-0.2, -0.15) is 0 Å². The summed E-state index contributed by atoms with van der Waals surface area (Å²) in [5.41, 5.74) is 5.47. The summed E-state index contributed by atoms with van der Waals surface area (Å²) in [6.07, 6.45) is 1.40. The lowest BCUT2D eigenvalue weighted by Gasteiger charge is -2.19. The number of thiocarbonyl (C=S) groups is 1. The fourth-order valence-electron chi connectivity index (χ4n) is 1.72. The first-order valence-electron chi connectivity index (χ1n) is 6.35. The van der Waals surface area contributed by atoms with Crippen LogP contribution < -0.4 is 10.5 Å². The highest BCUT2D eigenvalue weighted by Crippen LogP contribution is 2.12. The van der Waals surface area contributed by atoms with Gasteiger partial charge in [-0.25, -0.2) is 13.1 Å². The van der Waals surface area contributed by atoms with E-state index in [2.05, 4.69) is 9.71 Å². The van der Waals surface area contributed by atoms with Crippen LogP contribution in [0.1, 0.15) is 19.5 Å². The maximum atomic E-state index is 12.2. The maximum Gasteiger partial charge on any atom is 0.243 e. The van der Waals surface area contributed by atoms with E-state index in [4.69, 9.17) is 18.0 Å². The predicted octanol–water partition coefficient (Wildman–Crippen LogP) is -0.137. The summed E-state index contributed by atoms with van der Waals surface area (Å²) in [6.45, 7) is 4.35. The van der Waals surface area contributed by atoms with Crippen molar-refractivity contribution in [2.45, 2.75) is 18.7 Å². The number of aromatic nitrogens is 1. The molecule has 116 valence electrons. The number of rotatable bonds is 7. The number of nitrogens with two attached hydrogens (primary N) is 1. The van der Waals surface area contributed by atoms with E-state index in [0.29, 0.717) is 13.1 Å². The number of carbonyl (C=O) groups excluding carboxylic acids is 1. The van der Waals surface area contributed by atoms with Crippen molar-refractivity contribution in [3.8, 4) is 0 Å². The maximum absolute atomic E-state index is 12.2. The molecule has 0 saturated carbocycles. The molecule has 9 heteroatoms. The summed E-state index contributed by atoms with van der Waals surface area (Å²) in [6, 6.07) is 2.80. The number of carbonyl (C=O) groups is 1. The molecule has 0 aliphatic rings. The lowest BCUT2D eigenvalue weighted by Crippen LogP contribution is -2.40. The third kappa shape index (κ3) is 4.45. The zero-order valence-electron chi connectivity index (χ0n) is 11.9. The summed E-state index contributed by atoms with van der Waals surface area (Å²) >= 11 is 4.78. The van der Waals surface area contributed by atoms with Crippen molar-refractivity contribution in [1.82, 2.24) is 14.6 Å². The molecule has 7 nitrogen and oxygen atoms in total. The Kier molecular flexibility index (Phi) is 6.19. The molecule has 0 saturated heterocycles. The molecule has 0 fully saturated rings. The number of sulfonamides is 1. The van der Waals surface area contributed by atoms with Crippen molar-refractivity contribution < 1.29 is 13.2 Å². The van der Waals surface area contributed by atoms with Crippen LogP contribution in [0, 0.1) is 0 Å². The Bertz CT molecular complexity index is 627. The number of hydrogen-bond acceptors (Lipinski definition) is 5. The van der Waals surface area contributed by atoms with Gasteiger partial charge in [-0.05, 0) is 26.0 Å². The van der Waals surface area contributed by atoms with E-state index < -0.39 is 10.0 Å². The average Bonchev–Trinajstić information content (AvgIpc) is 2.46. The van der Waals surface area contributed by atoms with Gasteiger partial charge < -0.3 is 10.6 Å². The molecule has 1 heterocycles. The van der Waals surface area contributed by atoms with E-state index in [-0.39, 0.29) is 28.0 Å². The first-order chi connectivity index (χ1) is 9.83. The van der Waals surface area contributed by atoms with Gasteiger partial charge in [0.15, 0.2) is 0 Å².